The molecule has 0 radical (unpaired) electrons. The monoisotopic (exact) mass is 311 g/mol. The van der Waals surface area contributed by atoms with Gasteiger partial charge in [-0.25, -0.2) is 0 Å². The highest BCUT2D eigenvalue weighted by atomic mass is 16.6. The normalized spacial score (nSPS) is 12.3. The van der Waals surface area contributed by atoms with Gasteiger partial charge in [0, 0.05) is 11.3 Å². The number of ether oxygens (including phenoxy) is 3. The van der Waals surface area contributed by atoms with Crippen LogP contribution in [0.15, 0.2) is 55.1 Å². The molecule has 0 aromatic heterocycles. The molecule has 1 heterocycles. The van der Waals surface area contributed by atoms with Crippen LogP contribution in [0.4, 0.5) is 5.69 Å². The molecule has 5 heteroatoms. The van der Waals surface area contributed by atoms with Crippen LogP contribution in [0.5, 0.6) is 17.2 Å². The molecule has 0 saturated heterocycles. The van der Waals surface area contributed by atoms with Crippen LogP contribution in [0, 0.1) is 0 Å². The molecule has 3 rings (SSSR count). The van der Waals surface area contributed by atoms with Crippen molar-refractivity contribution >= 4 is 11.6 Å². The Labute approximate surface area is 134 Å². The van der Waals surface area contributed by atoms with Gasteiger partial charge in [-0.3, -0.25) is 4.79 Å². The van der Waals surface area contributed by atoms with Crippen molar-refractivity contribution in [3.05, 3.63) is 60.7 Å². The predicted octanol–water partition coefficient (Wildman–Crippen LogP) is 3.27. The van der Waals surface area contributed by atoms with E-state index in [9.17, 15) is 4.79 Å². The number of anilines is 1. The fourth-order valence-corrected chi connectivity index (χ4v) is 2.18. The first-order valence-electron chi connectivity index (χ1n) is 7.31. The smallest absolute Gasteiger partial charge is 0.255 e. The molecule has 2 aromatic carbocycles. The van der Waals surface area contributed by atoms with Crippen molar-refractivity contribution in [1.29, 1.82) is 0 Å². The molecule has 23 heavy (non-hydrogen) atoms. The van der Waals surface area contributed by atoms with E-state index in [1.54, 1.807) is 48.5 Å². The molecule has 1 aliphatic rings. The number of carbonyl (C=O) groups is 1. The van der Waals surface area contributed by atoms with Crippen molar-refractivity contribution in [1.82, 2.24) is 0 Å². The van der Waals surface area contributed by atoms with Crippen LogP contribution in [-0.4, -0.2) is 25.7 Å². The molecular formula is C18H17NO4. The average Bonchev–Trinajstić information content (AvgIpc) is 2.60. The highest BCUT2D eigenvalue weighted by Crippen LogP contribution is 2.31. The van der Waals surface area contributed by atoms with Gasteiger partial charge < -0.3 is 19.5 Å². The van der Waals surface area contributed by atoms with Crippen LogP contribution < -0.4 is 19.5 Å². The Morgan fingerprint density at radius 1 is 1.13 bits per heavy atom. The van der Waals surface area contributed by atoms with Gasteiger partial charge in [-0.05, 0) is 42.5 Å². The van der Waals surface area contributed by atoms with E-state index in [-0.39, 0.29) is 5.91 Å². The SMILES string of the molecule is C=CCOc1ccc(NC(=O)c2ccc3c(c2)OCCO3)cc1. The van der Waals surface area contributed by atoms with Crippen LogP contribution in [0.25, 0.3) is 0 Å². The molecule has 2 aromatic rings. The van der Waals surface area contributed by atoms with Crippen molar-refractivity contribution in [2.24, 2.45) is 0 Å². The van der Waals surface area contributed by atoms with Crippen LogP contribution in [0.2, 0.25) is 0 Å². The summed E-state index contributed by atoms with van der Waals surface area (Å²) in [6.07, 6.45) is 1.68. The van der Waals surface area contributed by atoms with E-state index in [1.165, 1.54) is 0 Å². The highest BCUT2D eigenvalue weighted by molar-refractivity contribution is 6.04. The summed E-state index contributed by atoms with van der Waals surface area (Å²) in [7, 11) is 0. The Balaban J connectivity index is 1.67. The number of rotatable bonds is 5. The number of amides is 1. The summed E-state index contributed by atoms with van der Waals surface area (Å²) in [6.45, 7) is 5.06. The van der Waals surface area contributed by atoms with E-state index in [1.807, 2.05) is 0 Å². The molecule has 0 aliphatic carbocycles. The first kappa shape index (κ1) is 15.0. The molecule has 118 valence electrons. The minimum atomic E-state index is -0.207. The highest BCUT2D eigenvalue weighted by Gasteiger charge is 2.15. The summed E-state index contributed by atoms with van der Waals surface area (Å²) in [5.74, 6) is 1.78. The van der Waals surface area contributed by atoms with E-state index in [0.29, 0.717) is 42.6 Å². The average molecular weight is 311 g/mol. The second-order valence-electron chi connectivity index (χ2n) is 4.94. The molecule has 1 amide bonds. The van der Waals surface area contributed by atoms with Gasteiger partial charge in [-0.1, -0.05) is 12.7 Å². The lowest BCUT2D eigenvalue weighted by Crippen LogP contribution is -2.17. The summed E-state index contributed by atoms with van der Waals surface area (Å²) in [5, 5.41) is 2.84. The van der Waals surface area contributed by atoms with Gasteiger partial charge in [0.15, 0.2) is 11.5 Å². The molecule has 1 N–H and O–H groups in total. The van der Waals surface area contributed by atoms with Crippen molar-refractivity contribution < 1.29 is 19.0 Å². The molecular weight excluding hydrogens is 294 g/mol. The predicted molar refractivity (Wildman–Crippen MR) is 87.5 cm³/mol. The molecule has 1 aliphatic heterocycles. The Bertz CT molecular complexity index is 709. The summed E-state index contributed by atoms with van der Waals surface area (Å²) in [5.41, 5.74) is 1.21. The lowest BCUT2D eigenvalue weighted by Gasteiger charge is -2.18. The number of carbonyl (C=O) groups excluding carboxylic acids is 1. The van der Waals surface area contributed by atoms with Gasteiger partial charge in [0.25, 0.3) is 5.91 Å². The third-order valence-electron chi connectivity index (χ3n) is 3.28. The summed E-state index contributed by atoms with van der Waals surface area (Å²) >= 11 is 0. The van der Waals surface area contributed by atoms with Crippen molar-refractivity contribution in [2.75, 3.05) is 25.1 Å². The number of fused-ring (bicyclic) bond motifs is 1. The Hall–Kier alpha value is -2.95. The molecule has 5 nitrogen and oxygen atoms in total. The van der Waals surface area contributed by atoms with Crippen LogP contribution in [0.1, 0.15) is 10.4 Å². The van der Waals surface area contributed by atoms with Gasteiger partial charge in [0.2, 0.25) is 0 Å². The minimum Gasteiger partial charge on any atom is -0.490 e. The van der Waals surface area contributed by atoms with Gasteiger partial charge in [0.1, 0.15) is 25.6 Å². The van der Waals surface area contributed by atoms with Gasteiger partial charge in [-0.2, -0.15) is 0 Å². The summed E-state index contributed by atoms with van der Waals surface area (Å²) in [6, 6.07) is 12.3. The minimum absolute atomic E-state index is 0.207. The summed E-state index contributed by atoms with van der Waals surface area (Å²) < 4.78 is 16.3. The first-order valence-corrected chi connectivity index (χ1v) is 7.31. The Kier molecular flexibility index (Phi) is 4.47. The maximum atomic E-state index is 12.3. The van der Waals surface area contributed by atoms with Crippen molar-refractivity contribution in [3.8, 4) is 17.2 Å². The second kappa shape index (κ2) is 6.87. The maximum Gasteiger partial charge on any atom is 0.255 e. The third kappa shape index (κ3) is 3.63. The third-order valence-corrected chi connectivity index (χ3v) is 3.28. The zero-order valence-corrected chi connectivity index (χ0v) is 12.6. The van der Waals surface area contributed by atoms with E-state index < -0.39 is 0 Å². The number of hydrogen-bond acceptors (Lipinski definition) is 4. The standard InChI is InChI=1S/C18H17NO4/c1-2-9-21-15-6-4-14(5-7-15)19-18(20)13-3-8-16-17(12-13)23-11-10-22-16/h2-8,12H,1,9-11H2,(H,19,20). The Morgan fingerprint density at radius 2 is 1.87 bits per heavy atom. The molecule has 0 spiro atoms. The molecule has 0 saturated carbocycles. The zero-order chi connectivity index (χ0) is 16.1. The van der Waals surface area contributed by atoms with Gasteiger partial charge in [0.05, 0.1) is 0 Å². The fourth-order valence-electron chi connectivity index (χ4n) is 2.18. The molecule has 0 fully saturated rings. The number of hydrogen-bond donors (Lipinski definition) is 1. The van der Waals surface area contributed by atoms with Gasteiger partial charge in [-0.15, -0.1) is 0 Å². The number of benzene rings is 2. The Morgan fingerprint density at radius 3 is 2.61 bits per heavy atom. The van der Waals surface area contributed by atoms with Crippen LogP contribution >= 0.6 is 0 Å². The lowest BCUT2D eigenvalue weighted by molar-refractivity contribution is 0.102. The molecule has 0 atom stereocenters. The summed E-state index contributed by atoms with van der Waals surface area (Å²) in [4.78, 5) is 12.3. The fraction of sp³-hybridized carbons (Fsp3) is 0.167. The van der Waals surface area contributed by atoms with E-state index in [4.69, 9.17) is 14.2 Å². The topological polar surface area (TPSA) is 56.8 Å². The largest absolute Gasteiger partial charge is 0.490 e. The van der Waals surface area contributed by atoms with E-state index in [2.05, 4.69) is 11.9 Å². The van der Waals surface area contributed by atoms with Crippen molar-refractivity contribution in [2.45, 2.75) is 0 Å². The zero-order valence-electron chi connectivity index (χ0n) is 12.6. The molecule has 0 bridgehead atoms. The van der Waals surface area contributed by atoms with Gasteiger partial charge >= 0.3 is 0 Å². The van der Waals surface area contributed by atoms with E-state index in [0.717, 1.165) is 5.75 Å². The molecule has 0 unspecified atom stereocenters. The second-order valence-corrected chi connectivity index (χ2v) is 4.94. The first-order chi connectivity index (χ1) is 11.3. The van der Waals surface area contributed by atoms with Crippen LogP contribution in [0.3, 0.4) is 0 Å². The number of nitrogens with one attached hydrogen (secondary N) is 1. The van der Waals surface area contributed by atoms with E-state index >= 15 is 0 Å². The van der Waals surface area contributed by atoms with Crippen LogP contribution in [-0.2, 0) is 0 Å². The quantitative estimate of drug-likeness (QED) is 0.861. The maximum absolute atomic E-state index is 12.3. The van der Waals surface area contributed by atoms with Crippen molar-refractivity contribution in [3.63, 3.8) is 0 Å². The lowest BCUT2D eigenvalue weighted by atomic mass is 10.1.